The maximum Gasteiger partial charge on any atom is 0.697 e. The third kappa shape index (κ3) is 14.7. The summed E-state index contributed by atoms with van der Waals surface area (Å²) in [6, 6.07) is 0. The first-order valence-corrected chi connectivity index (χ1v) is 7.77. The fraction of sp³-hybridized carbons (Fsp3) is 0.500. The van der Waals surface area contributed by atoms with Crippen molar-refractivity contribution in [3.05, 3.63) is 25.3 Å². The van der Waals surface area contributed by atoms with Crippen LogP contribution in [0.1, 0.15) is 38.5 Å². The maximum atomic E-state index is 11.3. The zero-order chi connectivity index (χ0) is 14.9. The van der Waals surface area contributed by atoms with Gasteiger partial charge in [-0.3, -0.25) is 0 Å². The lowest BCUT2D eigenvalue weighted by Gasteiger charge is -1.87. The normalized spacial score (nSPS) is 8.80. The zero-order valence-electron chi connectivity index (χ0n) is 11.9. The Bertz CT molecular complexity index is 369. The van der Waals surface area contributed by atoms with E-state index >= 15 is 0 Å². The molecular formula is C16H22O3P+. The van der Waals surface area contributed by atoms with Crippen LogP contribution in [0.5, 0.6) is 0 Å². The SMILES string of the molecule is C=CCCC#CCCO[P+](=O)OCCC#CCCC=C. The minimum Gasteiger partial charge on any atom is -0.118 e. The highest BCUT2D eigenvalue weighted by molar-refractivity contribution is 7.33. The lowest BCUT2D eigenvalue weighted by molar-refractivity contribution is 0.233. The second-order valence-electron chi connectivity index (χ2n) is 3.75. The molecule has 3 nitrogen and oxygen atoms in total. The van der Waals surface area contributed by atoms with Crippen LogP contribution >= 0.6 is 8.25 Å². The molecule has 0 aliphatic carbocycles. The minimum atomic E-state index is -2.05. The van der Waals surface area contributed by atoms with Gasteiger partial charge >= 0.3 is 8.25 Å². The highest BCUT2D eigenvalue weighted by atomic mass is 31.1. The summed E-state index contributed by atoms with van der Waals surface area (Å²) >= 11 is 0. The number of allylic oxidation sites excluding steroid dienone is 2. The molecule has 0 amide bonds. The van der Waals surface area contributed by atoms with Gasteiger partial charge in [0, 0.05) is 30.2 Å². The molecule has 0 aromatic carbocycles. The molecule has 0 saturated carbocycles. The maximum absolute atomic E-state index is 11.3. The second kappa shape index (κ2) is 15.7. The van der Waals surface area contributed by atoms with Crippen LogP contribution in [-0.4, -0.2) is 13.2 Å². The van der Waals surface area contributed by atoms with Gasteiger partial charge < -0.3 is 0 Å². The van der Waals surface area contributed by atoms with Crippen LogP contribution in [0.3, 0.4) is 0 Å². The van der Waals surface area contributed by atoms with Gasteiger partial charge in [-0.25, -0.2) is 0 Å². The molecule has 0 fully saturated rings. The Labute approximate surface area is 123 Å². The van der Waals surface area contributed by atoms with Crippen LogP contribution in [0.15, 0.2) is 25.3 Å². The van der Waals surface area contributed by atoms with Gasteiger partial charge in [0.1, 0.15) is 13.2 Å². The quantitative estimate of drug-likeness (QED) is 0.259. The first-order valence-electron chi connectivity index (χ1n) is 6.67. The number of unbranched alkanes of at least 4 members (excludes halogenated alkanes) is 2. The number of hydrogen-bond donors (Lipinski definition) is 0. The van der Waals surface area contributed by atoms with Gasteiger partial charge in [0.15, 0.2) is 0 Å². The first kappa shape index (κ1) is 18.6. The lowest BCUT2D eigenvalue weighted by Crippen LogP contribution is -1.89. The van der Waals surface area contributed by atoms with Crippen LogP contribution in [0.4, 0.5) is 0 Å². The Hall–Kier alpha value is -1.38. The van der Waals surface area contributed by atoms with Crippen LogP contribution in [0.2, 0.25) is 0 Å². The molecule has 0 aromatic heterocycles. The molecule has 4 heteroatoms. The number of hydrogen-bond acceptors (Lipinski definition) is 3. The van der Waals surface area contributed by atoms with Crippen molar-refractivity contribution >= 4 is 8.25 Å². The van der Waals surface area contributed by atoms with Crippen molar-refractivity contribution in [2.45, 2.75) is 38.5 Å². The second-order valence-corrected chi connectivity index (χ2v) is 4.72. The molecule has 0 aromatic rings. The molecule has 0 radical (unpaired) electrons. The molecule has 0 aliphatic rings. The van der Waals surface area contributed by atoms with Crippen LogP contribution < -0.4 is 0 Å². The summed E-state index contributed by atoms with van der Waals surface area (Å²) in [5.74, 6) is 11.8. The Kier molecular flexibility index (Phi) is 14.6. The van der Waals surface area contributed by atoms with Crippen molar-refractivity contribution in [3.8, 4) is 23.7 Å². The van der Waals surface area contributed by atoms with Crippen LogP contribution in [0.25, 0.3) is 0 Å². The van der Waals surface area contributed by atoms with Crippen molar-refractivity contribution in [1.82, 2.24) is 0 Å². The third-order valence-electron chi connectivity index (χ3n) is 2.04. The molecule has 0 aliphatic heterocycles. The van der Waals surface area contributed by atoms with Crippen molar-refractivity contribution in [3.63, 3.8) is 0 Å². The van der Waals surface area contributed by atoms with E-state index < -0.39 is 8.25 Å². The van der Waals surface area contributed by atoms with Gasteiger partial charge in [0.25, 0.3) is 0 Å². The van der Waals surface area contributed by atoms with Gasteiger partial charge in [-0.1, -0.05) is 12.2 Å². The third-order valence-corrected chi connectivity index (χ3v) is 2.83. The minimum absolute atomic E-state index is 0.321. The summed E-state index contributed by atoms with van der Waals surface area (Å²) in [7, 11) is -2.05. The van der Waals surface area contributed by atoms with E-state index in [4.69, 9.17) is 9.05 Å². The summed E-state index contributed by atoms with van der Waals surface area (Å²) in [4.78, 5) is 0. The lowest BCUT2D eigenvalue weighted by atomic mass is 10.3. The molecule has 0 saturated heterocycles. The van der Waals surface area contributed by atoms with Crippen LogP contribution in [-0.2, 0) is 13.6 Å². The van der Waals surface area contributed by atoms with Crippen LogP contribution in [0, 0.1) is 23.7 Å². The van der Waals surface area contributed by atoms with E-state index in [9.17, 15) is 4.57 Å². The molecule has 0 N–H and O–H groups in total. The molecule has 20 heavy (non-hydrogen) atoms. The predicted molar refractivity (Wildman–Crippen MR) is 83.2 cm³/mol. The Morgan fingerprint density at radius 2 is 1.20 bits per heavy atom. The Balaban J connectivity index is 3.44. The van der Waals surface area contributed by atoms with E-state index in [-0.39, 0.29) is 0 Å². The molecule has 0 spiro atoms. The van der Waals surface area contributed by atoms with E-state index in [2.05, 4.69) is 36.8 Å². The summed E-state index contributed by atoms with van der Waals surface area (Å²) in [6.07, 6.45) is 8.16. The smallest absolute Gasteiger partial charge is 0.118 e. The van der Waals surface area contributed by atoms with Gasteiger partial charge in [-0.2, -0.15) is 0 Å². The standard InChI is InChI=1S/C16H22O3P/c1-3-5-7-9-11-13-15-18-20(17)19-16-14-12-10-8-6-4-2/h3-4H,1-2,5-8,13-16H2/q+1. The predicted octanol–water partition coefficient (Wildman–Crippen LogP) is 4.40. The molecular weight excluding hydrogens is 271 g/mol. The van der Waals surface area contributed by atoms with E-state index in [0.29, 0.717) is 26.1 Å². The molecule has 0 bridgehead atoms. The zero-order valence-corrected chi connectivity index (χ0v) is 12.8. The molecule has 0 unspecified atom stereocenters. The van der Waals surface area contributed by atoms with E-state index in [1.807, 2.05) is 12.2 Å². The molecule has 0 rings (SSSR count). The van der Waals surface area contributed by atoms with E-state index in [1.54, 1.807) is 0 Å². The van der Waals surface area contributed by atoms with Gasteiger partial charge in [-0.15, -0.1) is 45.9 Å². The van der Waals surface area contributed by atoms with E-state index in [0.717, 1.165) is 25.7 Å². The van der Waals surface area contributed by atoms with Crippen molar-refractivity contribution < 1.29 is 13.6 Å². The molecule has 108 valence electrons. The molecule has 0 heterocycles. The summed E-state index contributed by atoms with van der Waals surface area (Å²) in [6.45, 7) is 7.87. The highest BCUT2D eigenvalue weighted by Gasteiger charge is 2.18. The van der Waals surface area contributed by atoms with Crippen molar-refractivity contribution in [1.29, 1.82) is 0 Å². The highest BCUT2D eigenvalue weighted by Crippen LogP contribution is 2.23. The summed E-state index contributed by atoms with van der Waals surface area (Å²) < 4.78 is 21.3. The number of rotatable bonds is 10. The largest absolute Gasteiger partial charge is 0.697 e. The fourth-order valence-electron chi connectivity index (χ4n) is 1.08. The van der Waals surface area contributed by atoms with Crippen molar-refractivity contribution in [2.75, 3.05) is 13.2 Å². The Morgan fingerprint density at radius 3 is 1.60 bits per heavy atom. The monoisotopic (exact) mass is 293 g/mol. The topological polar surface area (TPSA) is 35.5 Å². The average Bonchev–Trinajstić information content (AvgIpc) is 2.45. The van der Waals surface area contributed by atoms with Gasteiger partial charge in [0.2, 0.25) is 0 Å². The summed E-state index contributed by atoms with van der Waals surface area (Å²) in [5.41, 5.74) is 0. The van der Waals surface area contributed by atoms with Gasteiger partial charge in [0.05, 0.1) is 0 Å². The fourth-order valence-corrected chi connectivity index (χ4v) is 1.64. The van der Waals surface area contributed by atoms with Gasteiger partial charge in [-0.05, 0) is 12.8 Å². The first-order chi connectivity index (χ1) is 9.81. The average molecular weight is 293 g/mol. The van der Waals surface area contributed by atoms with Crippen molar-refractivity contribution in [2.24, 2.45) is 0 Å². The van der Waals surface area contributed by atoms with E-state index in [1.165, 1.54) is 0 Å². The Morgan fingerprint density at radius 1 is 0.800 bits per heavy atom. The molecule has 0 atom stereocenters. The summed E-state index contributed by atoms with van der Waals surface area (Å²) in [5, 5.41) is 0.